The maximum atomic E-state index is 12.1. The van der Waals surface area contributed by atoms with Crippen LogP contribution in [0.1, 0.15) is 44.6 Å². The predicted molar refractivity (Wildman–Crippen MR) is 80.8 cm³/mol. The van der Waals surface area contributed by atoms with E-state index >= 15 is 0 Å². The molecule has 0 saturated heterocycles. The van der Waals surface area contributed by atoms with E-state index in [-0.39, 0.29) is 11.3 Å². The lowest BCUT2D eigenvalue weighted by Crippen LogP contribution is -2.67. The summed E-state index contributed by atoms with van der Waals surface area (Å²) in [6.45, 7) is 2.82. The van der Waals surface area contributed by atoms with Crippen LogP contribution in [0.15, 0.2) is 24.5 Å². The maximum Gasteiger partial charge on any atom is 0.220 e. The first-order chi connectivity index (χ1) is 10.2. The molecule has 4 heteroatoms. The van der Waals surface area contributed by atoms with Gasteiger partial charge in [0.2, 0.25) is 5.91 Å². The van der Waals surface area contributed by atoms with Crippen LogP contribution in [-0.4, -0.2) is 29.6 Å². The molecule has 2 aliphatic rings. The second-order valence-electron chi connectivity index (χ2n) is 6.25. The molecule has 2 fully saturated rings. The third-order valence-electron chi connectivity index (χ3n) is 5.14. The van der Waals surface area contributed by atoms with Gasteiger partial charge in [-0.05, 0) is 44.2 Å². The Morgan fingerprint density at radius 3 is 3.00 bits per heavy atom. The summed E-state index contributed by atoms with van der Waals surface area (Å²) in [4.78, 5) is 16.2. The number of hydrogen-bond donors (Lipinski definition) is 1. The molecule has 0 radical (unpaired) electrons. The van der Waals surface area contributed by atoms with E-state index in [2.05, 4.69) is 10.3 Å². The molecular weight excluding hydrogens is 264 g/mol. The molecule has 1 amide bonds. The maximum absolute atomic E-state index is 12.1. The van der Waals surface area contributed by atoms with Crippen LogP contribution in [0.4, 0.5) is 0 Å². The molecular formula is C17H24N2O2. The van der Waals surface area contributed by atoms with Gasteiger partial charge in [0.15, 0.2) is 0 Å². The highest BCUT2D eigenvalue weighted by Crippen LogP contribution is 2.57. The first-order valence-corrected chi connectivity index (χ1v) is 8.04. The van der Waals surface area contributed by atoms with Crippen LogP contribution >= 0.6 is 0 Å². The van der Waals surface area contributed by atoms with E-state index in [9.17, 15) is 4.79 Å². The molecule has 0 unspecified atom stereocenters. The third kappa shape index (κ3) is 2.82. The van der Waals surface area contributed by atoms with Crippen molar-refractivity contribution in [2.75, 3.05) is 6.61 Å². The first-order valence-electron chi connectivity index (χ1n) is 8.04. The lowest BCUT2D eigenvalue weighted by Gasteiger charge is -2.61. The molecule has 1 spiro atoms. The summed E-state index contributed by atoms with van der Waals surface area (Å²) in [6, 6.07) is 4.25. The highest BCUT2D eigenvalue weighted by molar-refractivity contribution is 5.76. The number of ether oxygens (including phenoxy) is 1. The molecule has 1 heterocycles. The van der Waals surface area contributed by atoms with E-state index < -0.39 is 0 Å². The second-order valence-corrected chi connectivity index (χ2v) is 6.25. The number of rotatable bonds is 6. The fraction of sp³-hybridized carbons (Fsp3) is 0.647. The predicted octanol–water partition coefficient (Wildman–Crippen LogP) is 2.48. The van der Waals surface area contributed by atoms with Gasteiger partial charge in [0, 0.05) is 36.9 Å². The number of aromatic nitrogens is 1. The summed E-state index contributed by atoms with van der Waals surface area (Å²) in [7, 11) is 0. The summed E-state index contributed by atoms with van der Waals surface area (Å²) in [6.07, 6.45) is 9.89. The van der Waals surface area contributed by atoms with Gasteiger partial charge >= 0.3 is 0 Å². The Hall–Kier alpha value is -1.42. The van der Waals surface area contributed by atoms with Crippen LogP contribution in [0.25, 0.3) is 0 Å². The Labute approximate surface area is 126 Å². The Morgan fingerprint density at radius 1 is 1.52 bits per heavy atom. The Bertz CT molecular complexity index is 485. The van der Waals surface area contributed by atoms with E-state index in [1.54, 1.807) is 6.20 Å². The van der Waals surface area contributed by atoms with Crippen LogP contribution in [0.2, 0.25) is 0 Å². The minimum atomic E-state index is 0.157. The van der Waals surface area contributed by atoms with Gasteiger partial charge in [-0.3, -0.25) is 9.78 Å². The molecule has 1 aromatic rings. The average molecular weight is 288 g/mol. The van der Waals surface area contributed by atoms with Crippen LogP contribution in [0.5, 0.6) is 0 Å². The number of amides is 1. The van der Waals surface area contributed by atoms with E-state index in [4.69, 9.17) is 4.74 Å². The zero-order chi connectivity index (χ0) is 14.7. The number of carbonyl (C=O) groups is 1. The monoisotopic (exact) mass is 288 g/mol. The summed E-state index contributed by atoms with van der Waals surface area (Å²) in [5.41, 5.74) is 1.37. The second kappa shape index (κ2) is 6.14. The number of aryl methyl sites for hydroxylation is 1. The molecule has 114 valence electrons. The number of pyridine rings is 1. The molecule has 2 atom stereocenters. The van der Waals surface area contributed by atoms with Crippen molar-refractivity contribution in [2.24, 2.45) is 5.41 Å². The summed E-state index contributed by atoms with van der Waals surface area (Å²) in [5.74, 6) is 0.157. The van der Waals surface area contributed by atoms with Gasteiger partial charge in [-0.25, -0.2) is 0 Å². The SMILES string of the molecule is CCO[C@H]1C[C@H](NC(=O)CCc2cccnc2)C12CCC2. The van der Waals surface area contributed by atoms with Crippen molar-refractivity contribution in [3.05, 3.63) is 30.1 Å². The topological polar surface area (TPSA) is 51.2 Å². The Morgan fingerprint density at radius 2 is 2.38 bits per heavy atom. The molecule has 4 nitrogen and oxygen atoms in total. The minimum absolute atomic E-state index is 0.157. The van der Waals surface area contributed by atoms with Gasteiger partial charge in [-0.2, -0.15) is 0 Å². The number of nitrogens with zero attached hydrogens (tertiary/aromatic N) is 1. The van der Waals surface area contributed by atoms with Gasteiger partial charge < -0.3 is 10.1 Å². The smallest absolute Gasteiger partial charge is 0.220 e. The van der Waals surface area contributed by atoms with Crippen molar-refractivity contribution < 1.29 is 9.53 Å². The molecule has 3 rings (SSSR count). The molecule has 0 aromatic carbocycles. The summed E-state index contributed by atoms with van der Waals surface area (Å²) < 4.78 is 5.82. The Kier molecular flexibility index (Phi) is 4.24. The molecule has 1 N–H and O–H groups in total. The third-order valence-corrected chi connectivity index (χ3v) is 5.14. The molecule has 2 aliphatic carbocycles. The normalized spacial score (nSPS) is 26.0. The van der Waals surface area contributed by atoms with E-state index in [0.717, 1.165) is 25.0 Å². The van der Waals surface area contributed by atoms with Crippen molar-refractivity contribution in [2.45, 2.75) is 57.6 Å². The average Bonchev–Trinajstić information content (AvgIpc) is 2.43. The minimum Gasteiger partial charge on any atom is -0.378 e. The lowest BCUT2D eigenvalue weighted by molar-refractivity contribution is -0.175. The van der Waals surface area contributed by atoms with Crippen LogP contribution < -0.4 is 5.32 Å². The van der Waals surface area contributed by atoms with Gasteiger partial charge in [0.05, 0.1) is 6.10 Å². The van der Waals surface area contributed by atoms with Crippen LogP contribution in [0.3, 0.4) is 0 Å². The molecule has 0 bridgehead atoms. The van der Waals surface area contributed by atoms with E-state index in [0.29, 0.717) is 18.6 Å². The number of nitrogens with one attached hydrogen (secondary N) is 1. The molecule has 21 heavy (non-hydrogen) atoms. The standard InChI is InChI=1S/C17H24N2O2/c1-2-21-15-11-14(17(15)8-4-9-17)19-16(20)7-6-13-5-3-10-18-12-13/h3,5,10,12,14-15H,2,4,6-9,11H2,1H3,(H,19,20)/t14-,15-/m0/s1. The molecule has 1 aromatic heterocycles. The fourth-order valence-corrected chi connectivity index (χ4v) is 3.71. The first kappa shape index (κ1) is 14.5. The van der Waals surface area contributed by atoms with Crippen LogP contribution in [0, 0.1) is 5.41 Å². The van der Waals surface area contributed by atoms with E-state index in [1.807, 2.05) is 25.3 Å². The van der Waals surface area contributed by atoms with Crippen molar-refractivity contribution in [1.29, 1.82) is 0 Å². The zero-order valence-electron chi connectivity index (χ0n) is 12.7. The fourth-order valence-electron chi connectivity index (χ4n) is 3.71. The lowest BCUT2D eigenvalue weighted by atomic mass is 9.51. The highest BCUT2D eigenvalue weighted by atomic mass is 16.5. The number of carbonyl (C=O) groups excluding carboxylic acids is 1. The highest BCUT2D eigenvalue weighted by Gasteiger charge is 2.59. The van der Waals surface area contributed by atoms with Gasteiger partial charge in [-0.15, -0.1) is 0 Å². The van der Waals surface area contributed by atoms with Gasteiger partial charge in [0.1, 0.15) is 0 Å². The van der Waals surface area contributed by atoms with E-state index in [1.165, 1.54) is 19.3 Å². The van der Waals surface area contributed by atoms with Crippen molar-refractivity contribution in [3.63, 3.8) is 0 Å². The summed E-state index contributed by atoms with van der Waals surface area (Å²) >= 11 is 0. The zero-order valence-corrected chi connectivity index (χ0v) is 12.7. The quantitative estimate of drug-likeness (QED) is 0.875. The Balaban J connectivity index is 1.47. The van der Waals surface area contributed by atoms with Crippen molar-refractivity contribution in [1.82, 2.24) is 10.3 Å². The van der Waals surface area contributed by atoms with Gasteiger partial charge in [0.25, 0.3) is 0 Å². The molecule has 0 aliphatic heterocycles. The summed E-state index contributed by atoms with van der Waals surface area (Å²) in [5, 5.41) is 3.23. The van der Waals surface area contributed by atoms with Crippen LogP contribution in [-0.2, 0) is 16.0 Å². The van der Waals surface area contributed by atoms with Crippen molar-refractivity contribution >= 4 is 5.91 Å². The largest absolute Gasteiger partial charge is 0.378 e. The molecule has 2 saturated carbocycles. The van der Waals surface area contributed by atoms with Crippen molar-refractivity contribution in [3.8, 4) is 0 Å². The van der Waals surface area contributed by atoms with Gasteiger partial charge in [-0.1, -0.05) is 12.5 Å². The number of hydrogen-bond acceptors (Lipinski definition) is 3.